The number of nitrogens with one attached hydrogen (secondary N) is 2. The SMILES string of the molecule is CC1NNC(c2ccc(C(C)(C)C)cc2)C1Br. The Labute approximate surface area is 112 Å². The summed E-state index contributed by atoms with van der Waals surface area (Å²) in [5.74, 6) is 0. The second kappa shape index (κ2) is 4.71. The molecule has 0 aromatic heterocycles. The molecule has 2 nitrogen and oxygen atoms in total. The molecule has 0 radical (unpaired) electrons. The van der Waals surface area contributed by atoms with Crippen LogP contribution in [0.4, 0.5) is 0 Å². The van der Waals surface area contributed by atoms with Crippen molar-refractivity contribution in [1.29, 1.82) is 0 Å². The molecule has 3 heteroatoms. The van der Waals surface area contributed by atoms with Crippen molar-refractivity contribution >= 4 is 15.9 Å². The molecule has 17 heavy (non-hydrogen) atoms. The minimum Gasteiger partial charge on any atom is -0.253 e. The van der Waals surface area contributed by atoms with Crippen molar-refractivity contribution in [2.45, 2.75) is 50.0 Å². The fourth-order valence-electron chi connectivity index (χ4n) is 2.13. The quantitative estimate of drug-likeness (QED) is 0.777. The van der Waals surface area contributed by atoms with Gasteiger partial charge in [-0.3, -0.25) is 5.43 Å². The highest BCUT2D eigenvalue weighted by molar-refractivity contribution is 9.09. The Morgan fingerprint density at radius 2 is 1.65 bits per heavy atom. The second-order valence-corrected chi connectivity index (χ2v) is 6.93. The van der Waals surface area contributed by atoms with Gasteiger partial charge < -0.3 is 0 Å². The first kappa shape index (κ1) is 13.1. The zero-order valence-electron chi connectivity index (χ0n) is 10.9. The predicted octanol–water partition coefficient (Wildman–Crippen LogP) is 3.29. The van der Waals surface area contributed by atoms with Gasteiger partial charge in [0.2, 0.25) is 0 Å². The summed E-state index contributed by atoms with van der Waals surface area (Å²) >= 11 is 3.74. The summed E-state index contributed by atoms with van der Waals surface area (Å²) in [6.45, 7) is 8.90. The molecule has 3 unspecified atom stereocenters. The van der Waals surface area contributed by atoms with Crippen LogP contribution in [0.5, 0.6) is 0 Å². The minimum atomic E-state index is 0.223. The molecule has 2 N–H and O–H groups in total. The molecule has 0 saturated carbocycles. The Morgan fingerprint density at radius 3 is 2.06 bits per heavy atom. The molecule has 1 aromatic rings. The Bertz CT molecular complexity index is 380. The molecule has 0 amide bonds. The van der Waals surface area contributed by atoms with Crippen molar-refractivity contribution in [3.05, 3.63) is 35.4 Å². The molecule has 1 aliphatic heterocycles. The van der Waals surface area contributed by atoms with Crippen molar-refractivity contribution in [2.24, 2.45) is 0 Å². The molecule has 1 fully saturated rings. The van der Waals surface area contributed by atoms with Crippen LogP contribution in [0.25, 0.3) is 0 Å². The van der Waals surface area contributed by atoms with Crippen LogP contribution in [0.15, 0.2) is 24.3 Å². The standard InChI is InChI=1S/C14H21BrN2/c1-9-12(15)13(17-16-9)10-5-7-11(8-6-10)14(2,3)4/h5-9,12-13,16-17H,1-4H3. The molecular weight excluding hydrogens is 276 g/mol. The summed E-state index contributed by atoms with van der Waals surface area (Å²) in [6.07, 6.45) is 0. The smallest absolute Gasteiger partial charge is 0.0603 e. The maximum absolute atomic E-state index is 3.74. The van der Waals surface area contributed by atoms with Gasteiger partial charge >= 0.3 is 0 Å². The van der Waals surface area contributed by atoms with Gasteiger partial charge in [-0.05, 0) is 23.5 Å². The van der Waals surface area contributed by atoms with E-state index in [0.717, 1.165) is 0 Å². The fraction of sp³-hybridized carbons (Fsp3) is 0.571. The summed E-state index contributed by atoms with van der Waals surface area (Å²) in [5, 5.41) is 0. The summed E-state index contributed by atoms with van der Waals surface area (Å²) in [4.78, 5) is 0.433. The Balaban J connectivity index is 2.19. The monoisotopic (exact) mass is 296 g/mol. The van der Waals surface area contributed by atoms with E-state index in [1.165, 1.54) is 11.1 Å². The van der Waals surface area contributed by atoms with Crippen LogP contribution in [-0.4, -0.2) is 10.9 Å². The topological polar surface area (TPSA) is 24.1 Å². The normalized spacial score (nSPS) is 29.6. The number of hydrogen-bond acceptors (Lipinski definition) is 2. The van der Waals surface area contributed by atoms with Crippen LogP contribution in [0.1, 0.15) is 44.9 Å². The molecule has 0 aliphatic carbocycles. The van der Waals surface area contributed by atoms with Crippen LogP contribution >= 0.6 is 15.9 Å². The zero-order valence-corrected chi connectivity index (χ0v) is 12.5. The van der Waals surface area contributed by atoms with Crippen LogP contribution in [-0.2, 0) is 5.41 Å². The number of alkyl halides is 1. The lowest BCUT2D eigenvalue weighted by Gasteiger charge is -2.21. The van der Waals surface area contributed by atoms with E-state index in [-0.39, 0.29) is 5.41 Å². The summed E-state index contributed by atoms with van der Waals surface area (Å²) in [5.41, 5.74) is 9.53. The first-order chi connectivity index (χ1) is 7.89. The highest BCUT2D eigenvalue weighted by Gasteiger charge is 2.31. The van der Waals surface area contributed by atoms with Crippen LogP contribution in [0.2, 0.25) is 0 Å². The van der Waals surface area contributed by atoms with E-state index in [0.29, 0.717) is 16.9 Å². The molecule has 3 atom stereocenters. The van der Waals surface area contributed by atoms with Gasteiger partial charge in [0, 0.05) is 6.04 Å². The number of benzene rings is 1. The zero-order chi connectivity index (χ0) is 12.6. The van der Waals surface area contributed by atoms with Gasteiger partial charge in [0.05, 0.1) is 10.9 Å². The first-order valence-electron chi connectivity index (χ1n) is 6.15. The average molecular weight is 297 g/mol. The minimum absolute atomic E-state index is 0.223. The molecule has 94 valence electrons. The van der Waals surface area contributed by atoms with Gasteiger partial charge in [-0.25, -0.2) is 5.43 Å². The highest BCUT2D eigenvalue weighted by atomic mass is 79.9. The van der Waals surface area contributed by atoms with E-state index in [2.05, 4.69) is 78.7 Å². The average Bonchev–Trinajstić information content (AvgIpc) is 2.59. The molecule has 1 heterocycles. The number of rotatable bonds is 1. The van der Waals surface area contributed by atoms with E-state index in [4.69, 9.17) is 0 Å². The lowest BCUT2D eigenvalue weighted by atomic mass is 9.86. The molecule has 1 saturated heterocycles. The third kappa shape index (κ3) is 2.72. The van der Waals surface area contributed by atoms with Crippen molar-refractivity contribution in [3.63, 3.8) is 0 Å². The van der Waals surface area contributed by atoms with E-state index in [1.807, 2.05) is 0 Å². The Kier molecular flexibility index (Phi) is 3.62. The van der Waals surface area contributed by atoms with Gasteiger partial charge in [0.15, 0.2) is 0 Å². The summed E-state index contributed by atoms with van der Waals surface area (Å²) in [6, 6.07) is 9.72. The lowest BCUT2D eigenvalue weighted by molar-refractivity contribution is 0.559. The van der Waals surface area contributed by atoms with Gasteiger partial charge in [-0.15, -0.1) is 0 Å². The van der Waals surface area contributed by atoms with Crippen LogP contribution < -0.4 is 10.9 Å². The van der Waals surface area contributed by atoms with Crippen LogP contribution in [0, 0.1) is 0 Å². The van der Waals surface area contributed by atoms with Crippen molar-refractivity contribution < 1.29 is 0 Å². The maximum Gasteiger partial charge on any atom is 0.0603 e. The van der Waals surface area contributed by atoms with Crippen molar-refractivity contribution in [1.82, 2.24) is 10.9 Å². The molecule has 2 rings (SSSR count). The highest BCUT2D eigenvalue weighted by Crippen LogP contribution is 2.30. The Morgan fingerprint density at radius 1 is 1.06 bits per heavy atom. The maximum atomic E-state index is 3.74. The van der Waals surface area contributed by atoms with E-state index < -0.39 is 0 Å². The Hall–Kier alpha value is -0.380. The number of halogens is 1. The van der Waals surface area contributed by atoms with Crippen molar-refractivity contribution in [2.75, 3.05) is 0 Å². The van der Waals surface area contributed by atoms with Gasteiger partial charge in [0.25, 0.3) is 0 Å². The summed E-state index contributed by atoms with van der Waals surface area (Å²) in [7, 11) is 0. The third-order valence-corrected chi connectivity index (χ3v) is 4.72. The third-order valence-electron chi connectivity index (χ3n) is 3.40. The predicted molar refractivity (Wildman–Crippen MR) is 76.3 cm³/mol. The van der Waals surface area contributed by atoms with E-state index in [9.17, 15) is 0 Å². The molecule has 1 aromatic carbocycles. The molecule has 1 aliphatic rings. The fourth-order valence-corrected chi connectivity index (χ4v) is 2.70. The van der Waals surface area contributed by atoms with Gasteiger partial charge in [0.1, 0.15) is 0 Å². The molecule has 0 spiro atoms. The van der Waals surface area contributed by atoms with Crippen LogP contribution in [0.3, 0.4) is 0 Å². The largest absolute Gasteiger partial charge is 0.253 e. The van der Waals surface area contributed by atoms with Crippen molar-refractivity contribution in [3.8, 4) is 0 Å². The lowest BCUT2D eigenvalue weighted by Crippen LogP contribution is -2.29. The first-order valence-corrected chi connectivity index (χ1v) is 7.07. The second-order valence-electron chi connectivity index (χ2n) is 5.87. The molecular formula is C14H21BrN2. The number of hydrogen-bond donors (Lipinski definition) is 2. The van der Waals surface area contributed by atoms with E-state index in [1.54, 1.807) is 0 Å². The summed E-state index contributed by atoms with van der Waals surface area (Å²) < 4.78 is 0. The number of hydrazine groups is 1. The molecule has 0 bridgehead atoms. The van der Waals surface area contributed by atoms with Gasteiger partial charge in [-0.2, -0.15) is 0 Å². The van der Waals surface area contributed by atoms with E-state index >= 15 is 0 Å². The van der Waals surface area contributed by atoms with Gasteiger partial charge in [-0.1, -0.05) is 61.0 Å².